The number of amides is 1. The molecule has 1 aromatic carbocycles. The van der Waals surface area contributed by atoms with Crippen LogP contribution in [0.15, 0.2) is 24.3 Å². The topological polar surface area (TPSA) is 32.3 Å². The van der Waals surface area contributed by atoms with Gasteiger partial charge in [0, 0.05) is 18.7 Å². The fraction of sp³-hybridized carbons (Fsp3) is 0.611. The Hall–Kier alpha value is -1.35. The van der Waals surface area contributed by atoms with Crippen LogP contribution >= 0.6 is 0 Å². The Balaban J connectivity index is 1.63. The summed E-state index contributed by atoms with van der Waals surface area (Å²) in [6.45, 7) is 3.12. The fourth-order valence-electron chi connectivity index (χ4n) is 3.58. The van der Waals surface area contributed by atoms with E-state index < -0.39 is 0 Å². The number of anilines is 1. The molecule has 0 saturated carbocycles. The summed E-state index contributed by atoms with van der Waals surface area (Å²) in [6, 6.07) is 8.42. The Morgan fingerprint density at radius 1 is 1.24 bits per heavy atom. The third-order valence-corrected chi connectivity index (χ3v) is 4.83. The van der Waals surface area contributed by atoms with Gasteiger partial charge in [0.15, 0.2) is 0 Å². The average molecular weight is 286 g/mol. The summed E-state index contributed by atoms with van der Waals surface area (Å²) in [5.74, 6) is 1.000. The Morgan fingerprint density at radius 2 is 2.14 bits per heavy atom. The highest BCUT2D eigenvalue weighted by molar-refractivity contribution is 5.94. The first-order valence-corrected chi connectivity index (χ1v) is 8.43. The zero-order chi connectivity index (χ0) is 14.5. The number of carbonyl (C=O) groups is 1. The summed E-state index contributed by atoms with van der Waals surface area (Å²) in [5, 5.41) is 3.44. The second kappa shape index (κ2) is 7.08. The number of nitrogens with one attached hydrogen (secondary N) is 1. The van der Waals surface area contributed by atoms with E-state index in [4.69, 9.17) is 0 Å². The van der Waals surface area contributed by atoms with Crippen LogP contribution in [0.4, 0.5) is 5.69 Å². The van der Waals surface area contributed by atoms with E-state index in [1.165, 1.54) is 24.8 Å². The van der Waals surface area contributed by atoms with Gasteiger partial charge in [-0.25, -0.2) is 0 Å². The van der Waals surface area contributed by atoms with E-state index in [2.05, 4.69) is 29.6 Å². The number of para-hydroxylation sites is 1. The molecule has 21 heavy (non-hydrogen) atoms. The van der Waals surface area contributed by atoms with Crippen LogP contribution in [0.25, 0.3) is 0 Å². The summed E-state index contributed by atoms with van der Waals surface area (Å²) in [7, 11) is 0. The van der Waals surface area contributed by atoms with E-state index in [1.54, 1.807) is 0 Å². The number of nitrogens with zero attached hydrogens (tertiary/aromatic N) is 1. The van der Waals surface area contributed by atoms with E-state index in [0.717, 1.165) is 44.6 Å². The van der Waals surface area contributed by atoms with Crippen molar-refractivity contribution in [3.63, 3.8) is 0 Å². The number of aryl methyl sites for hydroxylation is 1. The van der Waals surface area contributed by atoms with Crippen molar-refractivity contribution in [2.45, 2.75) is 44.9 Å². The van der Waals surface area contributed by atoms with Gasteiger partial charge in [0.1, 0.15) is 0 Å². The van der Waals surface area contributed by atoms with Crippen LogP contribution in [0.5, 0.6) is 0 Å². The minimum Gasteiger partial charge on any atom is -0.316 e. The van der Waals surface area contributed by atoms with Crippen molar-refractivity contribution in [1.82, 2.24) is 5.32 Å². The summed E-state index contributed by atoms with van der Waals surface area (Å²) < 4.78 is 0. The molecule has 3 nitrogen and oxygen atoms in total. The molecule has 0 aliphatic carbocycles. The van der Waals surface area contributed by atoms with Gasteiger partial charge in [0.25, 0.3) is 0 Å². The van der Waals surface area contributed by atoms with Gasteiger partial charge in [-0.15, -0.1) is 0 Å². The molecule has 0 radical (unpaired) electrons. The molecule has 3 rings (SSSR count). The number of rotatable bonds is 3. The van der Waals surface area contributed by atoms with Gasteiger partial charge in [-0.05, 0) is 69.2 Å². The standard InChI is InChI=1S/C18H26N2O/c21-18(11-10-15-6-5-12-19-14-15)20-13-4-3-8-16-7-1-2-9-17(16)20/h1-2,7,9,15,19H,3-6,8,10-14H2. The zero-order valence-corrected chi connectivity index (χ0v) is 12.8. The molecule has 0 bridgehead atoms. The van der Waals surface area contributed by atoms with Gasteiger partial charge in [-0.2, -0.15) is 0 Å². The van der Waals surface area contributed by atoms with Gasteiger partial charge in [-0.1, -0.05) is 18.2 Å². The van der Waals surface area contributed by atoms with Crippen molar-refractivity contribution in [1.29, 1.82) is 0 Å². The van der Waals surface area contributed by atoms with Crippen LogP contribution < -0.4 is 10.2 Å². The van der Waals surface area contributed by atoms with Crippen molar-refractivity contribution in [3.8, 4) is 0 Å². The number of hydrogen-bond acceptors (Lipinski definition) is 2. The molecule has 1 fully saturated rings. The minimum absolute atomic E-state index is 0.315. The van der Waals surface area contributed by atoms with Gasteiger partial charge in [0.05, 0.1) is 0 Å². The second-order valence-corrected chi connectivity index (χ2v) is 6.38. The summed E-state index contributed by atoms with van der Waals surface area (Å²) >= 11 is 0. The smallest absolute Gasteiger partial charge is 0.226 e. The quantitative estimate of drug-likeness (QED) is 0.926. The van der Waals surface area contributed by atoms with Crippen LogP contribution in [0, 0.1) is 5.92 Å². The molecular formula is C18H26N2O. The number of fused-ring (bicyclic) bond motifs is 1. The zero-order valence-electron chi connectivity index (χ0n) is 12.8. The summed E-state index contributed by atoms with van der Waals surface area (Å²) in [6.07, 6.45) is 7.67. The third kappa shape index (κ3) is 3.65. The van der Waals surface area contributed by atoms with E-state index in [0.29, 0.717) is 18.2 Å². The first-order valence-electron chi connectivity index (χ1n) is 8.43. The van der Waals surface area contributed by atoms with Crippen molar-refractivity contribution in [3.05, 3.63) is 29.8 Å². The van der Waals surface area contributed by atoms with Gasteiger partial charge in [-0.3, -0.25) is 4.79 Å². The summed E-state index contributed by atoms with van der Waals surface area (Å²) in [5.41, 5.74) is 2.49. The number of benzene rings is 1. The van der Waals surface area contributed by atoms with E-state index in [9.17, 15) is 4.79 Å². The number of carbonyl (C=O) groups excluding carboxylic acids is 1. The molecule has 0 aromatic heterocycles. The molecule has 1 amide bonds. The number of piperidine rings is 1. The fourth-order valence-corrected chi connectivity index (χ4v) is 3.58. The maximum absolute atomic E-state index is 12.7. The maximum Gasteiger partial charge on any atom is 0.226 e. The average Bonchev–Trinajstić information content (AvgIpc) is 2.76. The van der Waals surface area contributed by atoms with Crippen molar-refractivity contribution in [2.24, 2.45) is 5.92 Å². The van der Waals surface area contributed by atoms with E-state index in [1.807, 2.05) is 4.90 Å². The molecule has 1 aromatic rings. The van der Waals surface area contributed by atoms with Gasteiger partial charge >= 0.3 is 0 Å². The lowest BCUT2D eigenvalue weighted by Gasteiger charge is -2.26. The Kier molecular flexibility index (Phi) is 4.91. The Morgan fingerprint density at radius 3 is 3.00 bits per heavy atom. The molecule has 1 N–H and O–H groups in total. The summed E-state index contributed by atoms with van der Waals surface area (Å²) in [4.78, 5) is 14.7. The molecular weight excluding hydrogens is 260 g/mol. The van der Waals surface area contributed by atoms with Crippen molar-refractivity contribution >= 4 is 11.6 Å². The van der Waals surface area contributed by atoms with E-state index >= 15 is 0 Å². The van der Waals surface area contributed by atoms with Crippen LogP contribution in [-0.2, 0) is 11.2 Å². The SMILES string of the molecule is O=C(CCC1CCCNC1)N1CCCCc2ccccc21. The lowest BCUT2D eigenvalue weighted by Crippen LogP contribution is -2.34. The lowest BCUT2D eigenvalue weighted by molar-refractivity contribution is -0.118. The molecule has 1 unspecified atom stereocenters. The highest BCUT2D eigenvalue weighted by atomic mass is 16.2. The monoisotopic (exact) mass is 286 g/mol. The maximum atomic E-state index is 12.7. The van der Waals surface area contributed by atoms with Crippen LogP contribution in [0.2, 0.25) is 0 Å². The Labute approximate surface area is 127 Å². The van der Waals surface area contributed by atoms with Crippen LogP contribution in [-0.4, -0.2) is 25.5 Å². The molecule has 2 aliphatic heterocycles. The second-order valence-electron chi connectivity index (χ2n) is 6.38. The lowest BCUT2D eigenvalue weighted by atomic mass is 9.94. The van der Waals surface area contributed by atoms with Gasteiger partial charge < -0.3 is 10.2 Å². The predicted octanol–water partition coefficient (Wildman–Crippen LogP) is 3.14. The molecule has 0 spiro atoms. The first kappa shape index (κ1) is 14.6. The largest absolute Gasteiger partial charge is 0.316 e. The van der Waals surface area contributed by atoms with Crippen LogP contribution in [0.1, 0.15) is 44.1 Å². The number of hydrogen-bond donors (Lipinski definition) is 1. The normalized spacial score (nSPS) is 22.5. The highest BCUT2D eigenvalue weighted by Crippen LogP contribution is 2.27. The molecule has 1 saturated heterocycles. The molecule has 114 valence electrons. The van der Waals surface area contributed by atoms with Crippen molar-refractivity contribution < 1.29 is 4.79 Å². The van der Waals surface area contributed by atoms with E-state index in [-0.39, 0.29) is 0 Å². The first-order chi connectivity index (χ1) is 10.3. The van der Waals surface area contributed by atoms with Gasteiger partial charge in [0.2, 0.25) is 5.91 Å². The van der Waals surface area contributed by atoms with Crippen molar-refractivity contribution in [2.75, 3.05) is 24.5 Å². The molecule has 3 heteroatoms. The molecule has 1 atom stereocenters. The molecule has 2 aliphatic rings. The predicted molar refractivity (Wildman–Crippen MR) is 86.6 cm³/mol. The van der Waals surface area contributed by atoms with Crippen LogP contribution in [0.3, 0.4) is 0 Å². The highest BCUT2D eigenvalue weighted by Gasteiger charge is 2.22. The molecule has 2 heterocycles. The Bertz CT molecular complexity index is 480. The minimum atomic E-state index is 0.315. The third-order valence-electron chi connectivity index (χ3n) is 4.83.